The SMILES string of the molecule is CCC1(CC)C2CC/C=C\CCC21. The van der Waals surface area contributed by atoms with Crippen molar-refractivity contribution in [3.63, 3.8) is 0 Å². The average molecular weight is 178 g/mol. The van der Waals surface area contributed by atoms with Gasteiger partial charge in [0.25, 0.3) is 0 Å². The maximum absolute atomic E-state index is 2.39. The van der Waals surface area contributed by atoms with Crippen LogP contribution in [-0.4, -0.2) is 0 Å². The summed E-state index contributed by atoms with van der Waals surface area (Å²) in [4.78, 5) is 0. The van der Waals surface area contributed by atoms with Crippen LogP contribution < -0.4 is 0 Å². The lowest BCUT2D eigenvalue weighted by atomic mass is 9.93. The molecule has 0 heterocycles. The van der Waals surface area contributed by atoms with Crippen molar-refractivity contribution in [2.24, 2.45) is 17.3 Å². The van der Waals surface area contributed by atoms with Crippen LogP contribution in [0.5, 0.6) is 0 Å². The number of hydrogen-bond donors (Lipinski definition) is 0. The lowest BCUT2D eigenvalue weighted by Gasteiger charge is -2.12. The molecule has 0 N–H and O–H groups in total. The summed E-state index contributed by atoms with van der Waals surface area (Å²) in [5.41, 5.74) is 0.770. The number of fused-ring (bicyclic) bond motifs is 1. The van der Waals surface area contributed by atoms with E-state index in [0.29, 0.717) is 0 Å². The Labute approximate surface area is 82.4 Å². The molecule has 0 spiro atoms. The Kier molecular flexibility index (Phi) is 2.49. The van der Waals surface area contributed by atoms with E-state index >= 15 is 0 Å². The van der Waals surface area contributed by atoms with Gasteiger partial charge in [0.05, 0.1) is 0 Å². The van der Waals surface area contributed by atoms with E-state index in [0.717, 1.165) is 17.3 Å². The van der Waals surface area contributed by atoms with Crippen LogP contribution in [0.3, 0.4) is 0 Å². The third-order valence-corrected chi connectivity index (χ3v) is 4.63. The van der Waals surface area contributed by atoms with Gasteiger partial charge in [-0.2, -0.15) is 0 Å². The normalized spacial score (nSPS) is 38.6. The quantitative estimate of drug-likeness (QED) is 0.557. The fraction of sp³-hybridized carbons (Fsp3) is 0.846. The van der Waals surface area contributed by atoms with Gasteiger partial charge in [-0.15, -0.1) is 0 Å². The van der Waals surface area contributed by atoms with Gasteiger partial charge in [0.15, 0.2) is 0 Å². The van der Waals surface area contributed by atoms with Gasteiger partial charge in [0.1, 0.15) is 0 Å². The minimum Gasteiger partial charge on any atom is -0.0885 e. The Balaban J connectivity index is 2.05. The van der Waals surface area contributed by atoms with Crippen LogP contribution in [0.15, 0.2) is 12.2 Å². The van der Waals surface area contributed by atoms with E-state index in [2.05, 4.69) is 26.0 Å². The zero-order chi connectivity index (χ0) is 9.31. The topological polar surface area (TPSA) is 0 Å². The molecule has 0 aromatic heterocycles. The van der Waals surface area contributed by atoms with Crippen LogP contribution in [0.2, 0.25) is 0 Å². The molecule has 13 heavy (non-hydrogen) atoms. The zero-order valence-corrected chi connectivity index (χ0v) is 9.05. The highest BCUT2D eigenvalue weighted by atomic mass is 14.6. The first kappa shape index (κ1) is 9.30. The third-order valence-electron chi connectivity index (χ3n) is 4.63. The molecule has 2 aliphatic rings. The predicted octanol–water partition coefficient (Wildman–Crippen LogP) is 4.17. The third kappa shape index (κ3) is 1.35. The maximum atomic E-state index is 2.39. The van der Waals surface area contributed by atoms with Gasteiger partial charge in [-0.3, -0.25) is 0 Å². The van der Waals surface area contributed by atoms with Crippen molar-refractivity contribution in [2.45, 2.75) is 52.4 Å². The van der Waals surface area contributed by atoms with E-state index in [4.69, 9.17) is 0 Å². The van der Waals surface area contributed by atoms with Crippen LogP contribution in [0.25, 0.3) is 0 Å². The second-order valence-electron chi connectivity index (χ2n) is 4.78. The van der Waals surface area contributed by atoms with Crippen molar-refractivity contribution in [2.75, 3.05) is 0 Å². The fourth-order valence-electron chi connectivity index (χ4n) is 3.73. The molecule has 0 amide bonds. The highest BCUT2D eigenvalue weighted by Crippen LogP contribution is 2.67. The fourth-order valence-corrected chi connectivity index (χ4v) is 3.73. The summed E-state index contributed by atoms with van der Waals surface area (Å²) >= 11 is 0. The summed E-state index contributed by atoms with van der Waals surface area (Å²) in [6.45, 7) is 4.78. The molecule has 0 bridgehead atoms. The molecule has 0 saturated heterocycles. The Morgan fingerprint density at radius 2 is 1.46 bits per heavy atom. The monoisotopic (exact) mass is 178 g/mol. The second-order valence-corrected chi connectivity index (χ2v) is 4.78. The predicted molar refractivity (Wildman–Crippen MR) is 57.6 cm³/mol. The first-order valence-corrected chi connectivity index (χ1v) is 6.00. The molecule has 0 nitrogen and oxygen atoms in total. The van der Waals surface area contributed by atoms with E-state index in [-0.39, 0.29) is 0 Å². The van der Waals surface area contributed by atoms with Gasteiger partial charge >= 0.3 is 0 Å². The summed E-state index contributed by atoms with van der Waals surface area (Å²) in [5.74, 6) is 2.15. The van der Waals surface area contributed by atoms with Crippen LogP contribution in [0.4, 0.5) is 0 Å². The molecule has 0 heteroatoms. The second kappa shape index (κ2) is 3.48. The van der Waals surface area contributed by atoms with E-state index in [9.17, 15) is 0 Å². The number of allylic oxidation sites excluding steroid dienone is 2. The lowest BCUT2D eigenvalue weighted by molar-refractivity contribution is 0.388. The Bertz CT molecular complexity index is 180. The highest BCUT2D eigenvalue weighted by molar-refractivity contribution is 5.10. The number of rotatable bonds is 2. The standard InChI is InChI=1S/C13H22/c1-3-13(4-2)11-9-7-5-6-8-10-12(11)13/h5-6,11-12H,3-4,7-10H2,1-2H3/b6-5-. The zero-order valence-electron chi connectivity index (χ0n) is 9.05. The Morgan fingerprint density at radius 1 is 1.00 bits per heavy atom. The average Bonchev–Trinajstić information content (AvgIpc) is 2.71. The molecule has 2 unspecified atom stereocenters. The molecule has 1 saturated carbocycles. The summed E-state index contributed by atoms with van der Waals surface area (Å²) in [6.07, 6.45) is 13.2. The maximum Gasteiger partial charge on any atom is -0.0240 e. The van der Waals surface area contributed by atoms with Crippen molar-refractivity contribution in [1.82, 2.24) is 0 Å². The number of hydrogen-bond acceptors (Lipinski definition) is 0. The summed E-state index contributed by atoms with van der Waals surface area (Å²) in [5, 5.41) is 0. The van der Waals surface area contributed by atoms with Gasteiger partial charge in [0.2, 0.25) is 0 Å². The highest BCUT2D eigenvalue weighted by Gasteiger charge is 2.59. The van der Waals surface area contributed by atoms with Crippen molar-refractivity contribution in [3.8, 4) is 0 Å². The van der Waals surface area contributed by atoms with E-state index in [1.54, 1.807) is 0 Å². The van der Waals surface area contributed by atoms with Crippen LogP contribution in [0, 0.1) is 17.3 Å². The van der Waals surface area contributed by atoms with E-state index in [1.807, 2.05) is 0 Å². The molecule has 2 aliphatic carbocycles. The molecule has 2 rings (SSSR count). The van der Waals surface area contributed by atoms with Crippen molar-refractivity contribution < 1.29 is 0 Å². The van der Waals surface area contributed by atoms with E-state index in [1.165, 1.54) is 38.5 Å². The first-order chi connectivity index (χ1) is 6.35. The molecule has 0 radical (unpaired) electrons. The molecule has 74 valence electrons. The minimum absolute atomic E-state index is 0.770. The van der Waals surface area contributed by atoms with Gasteiger partial charge in [-0.1, -0.05) is 26.0 Å². The van der Waals surface area contributed by atoms with Gasteiger partial charge in [0, 0.05) is 0 Å². The molecule has 0 aromatic carbocycles. The van der Waals surface area contributed by atoms with Crippen LogP contribution in [0.1, 0.15) is 52.4 Å². The van der Waals surface area contributed by atoms with Crippen LogP contribution >= 0.6 is 0 Å². The van der Waals surface area contributed by atoms with Crippen LogP contribution in [-0.2, 0) is 0 Å². The molecule has 0 aromatic rings. The van der Waals surface area contributed by atoms with E-state index < -0.39 is 0 Å². The van der Waals surface area contributed by atoms with Gasteiger partial charge < -0.3 is 0 Å². The smallest absolute Gasteiger partial charge is 0.0240 e. The van der Waals surface area contributed by atoms with Crippen molar-refractivity contribution >= 4 is 0 Å². The van der Waals surface area contributed by atoms with Gasteiger partial charge in [-0.25, -0.2) is 0 Å². The van der Waals surface area contributed by atoms with Crippen molar-refractivity contribution in [1.29, 1.82) is 0 Å². The Hall–Kier alpha value is -0.260. The lowest BCUT2D eigenvalue weighted by Crippen LogP contribution is -2.01. The van der Waals surface area contributed by atoms with Gasteiger partial charge in [-0.05, 0) is 55.8 Å². The molecular formula is C13H22. The summed E-state index contributed by atoms with van der Waals surface area (Å²) < 4.78 is 0. The summed E-state index contributed by atoms with van der Waals surface area (Å²) in [6, 6.07) is 0. The first-order valence-electron chi connectivity index (χ1n) is 6.00. The van der Waals surface area contributed by atoms with Crippen molar-refractivity contribution in [3.05, 3.63) is 12.2 Å². The Morgan fingerprint density at radius 3 is 1.85 bits per heavy atom. The molecule has 2 atom stereocenters. The summed E-state index contributed by atoms with van der Waals surface area (Å²) in [7, 11) is 0. The molecule has 0 aliphatic heterocycles. The molecular weight excluding hydrogens is 156 g/mol. The largest absolute Gasteiger partial charge is 0.0885 e. The minimum atomic E-state index is 0.770. The molecule has 1 fully saturated rings.